The van der Waals surface area contributed by atoms with Crippen molar-refractivity contribution in [3.63, 3.8) is 0 Å². The van der Waals surface area contributed by atoms with Crippen molar-refractivity contribution in [2.45, 2.75) is 102 Å². The Labute approximate surface area is 164 Å². The standard InChI is InChI=1S/C22H38O5/c1-3-5-6-7-17(23)10-8-16-9-15-21-19(16)13-11-18(27-21)12-14-20(24)22(25)26-4-2/h8,10,16-21,23-24H,3-7,9,11-15H2,1-2H3/t16-,17-,18?,19+,20?,21+/m0/s1. The van der Waals surface area contributed by atoms with Crippen molar-refractivity contribution >= 4 is 5.97 Å². The van der Waals surface area contributed by atoms with Gasteiger partial charge in [-0.25, -0.2) is 4.79 Å². The molecule has 0 aromatic heterocycles. The lowest BCUT2D eigenvalue weighted by Gasteiger charge is -2.34. The van der Waals surface area contributed by atoms with E-state index in [-0.39, 0.29) is 18.3 Å². The molecule has 156 valence electrons. The van der Waals surface area contributed by atoms with Gasteiger partial charge in [-0.1, -0.05) is 38.3 Å². The van der Waals surface area contributed by atoms with Crippen LogP contribution in [0.4, 0.5) is 0 Å². The van der Waals surface area contributed by atoms with Gasteiger partial charge in [-0.05, 0) is 63.7 Å². The van der Waals surface area contributed by atoms with Gasteiger partial charge in [-0.3, -0.25) is 0 Å². The monoisotopic (exact) mass is 382 g/mol. The van der Waals surface area contributed by atoms with Crippen LogP contribution in [0.1, 0.15) is 78.1 Å². The van der Waals surface area contributed by atoms with E-state index in [0.29, 0.717) is 31.3 Å². The minimum atomic E-state index is -1.04. The van der Waals surface area contributed by atoms with Crippen molar-refractivity contribution in [3.8, 4) is 0 Å². The van der Waals surface area contributed by atoms with Gasteiger partial charge in [0.1, 0.15) is 0 Å². The van der Waals surface area contributed by atoms with Crippen LogP contribution in [0.2, 0.25) is 0 Å². The Kier molecular flexibility index (Phi) is 9.80. The zero-order chi connectivity index (χ0) is 19.6. The largest absolute Gasteiger partial charge is 0.464 e. The lowest BCUT2D eigenvalue weighted by atomic mass is 9.85. The second kappa shape index (κ2) is 11.8. The summed E-state index contributed by atoms with van der Waals surface area (Å²) >= 11 is 0. The summed E-state index contributed by atoms with van der Waals surface area (Å²) in [6.07, 6.45) is 12.9. The number of aliphatic hydroxyl groups is 2. The average molecular weight is 383 g/mol. The van der Waals surface area contributed by atoms with Crippen LogP contribution in [0, 0.1) is 11.8 Å². The van der Waals surface area contributed by atoms with E-state index < -0.39 is 12.1 Å². The van der Waals surface area contributed by atoms with E-state index in [1.54, 1.807) is 6.92 Å². The van der Waals surface area contributed by atoms with Crippen LogP contribution in [-0.2, 0) is 14.3 Å². The first-order chi connectivity index (χ1) is 13.0. The lowest BCUT2D eigenvalue weighted by Crippen LogP contribution is -2.34. The molecule has 0 spiro atoms. The molecule has 2 fully saturated rings. The third kappa shape index (κ3) is 7.20. The van der Waals surface area contributed by atoms with Crippen LogP contribution in [0.25, 0.3) is 0 Å². The van der Waals surface area contributed by atoms with Gasteiger partial charge in [0, 0.05) is 0 Å². The van der Waals surface area contributed by atoms with Crippen molar-refractivity contribution in [1.29, 1.82) is 0 Å². The fraction of sp³-hybridized carbons (Fsp3) is 0.864. The SMILES string of the molecule is CCCCC[C@H](O)C=C[C@H]1CC[C@H]2OC(CCC(O)C(=O)OCC)CC[C@H]12. The first kappa shape index (κ1) is 22.4. The molecule has 1 heterocycles. The number of unbranched alkanes of at least 4 members (excludes halogenated alkanes) is 2. The zero-order valence-electron chi connectivity index (χ0n) is 17.0. The molecule has 2 aliphatic rings. The fourth-order valence-corrected chi connectivity index (χ4v) is 4.45. The number of rotatable bonds is 11. The Morgan fingerprint density at radius 3 is 2.70 bits per heavy atom. The Morgan fingerprint density at radius 2 is 1.96 bits per heavy atom. The fourth-order valence-electron chi connectivity index (χ4n) is 4.45. The van der Waals surface area contributed by atoms with Crippen molar-refractivity contribution < 1.29 is 24.5 Å². The van der Waals surface area contributed by atoms with Gasteiger partial charge in [0.25, 0.3) is 0 Å². The molecular weight excluding hydrogens is 344 g/mol. The molecule has 0 aromatic rings. The summed E-state index contributed by atoms with van der Waals surface area (Å²) in [5.74, 6) is 0.506. The third-order valence-electron chi connectivity index (χ3n) is 6.01. The molecule has 0 aromatic carbocycles. The van der Waals surface area contributed by atoms with E-state index in [4.69, 9.17) is 9.47 Å². The molecule has 5 heteroatoms. The predicted molar refractivity (Wildman–Crippen MR) is 105 cm³/mol. The molecule has 0 bridgehead atoms. The summed E-state index contributed by atoms with van der Waals surface area (Å²) in [7, 11) is 0. The van der Waals surface area contributed by atoms with E-state index in [2.05, 4.69) is 13.0 Å². The van der Waals surface area contributed by atoms with E-state index in [0.717, 1.165) is 38.5 Å². The van der Waals surface area contributed by atoms with Gasteiger partial charge < -0.3 is 19.7 Å². The van der Waals surface area contributed by atoms with Crippen molar-refractivity contribution in [2.75, 3.05) is 6.61 Å². The van der Waals surface area contributed by atoms with Crippen LogP contribution in [0.3, 0.4) is 0 Å². The summed E-state index contributed by atoms with van der Waals surface area (Å²) in [5.41, 5.74) is 0. The van der Waals surface area contributed by atoms with E-state index in [1.165, 1.54) is 12.8 Å². The first-order valence-corrected chi connectivity index (χ1v) is 10.9. The molecule has 2 N–H and O–H groups in total. The number of carbonyl (C=O) groups excluding carboxylic acids is 1. The number of aliphatic hydroxyl groups excluding tert-OH is 2. The highest BCUT2D eigenvalue weighted by Crippen LogP contribution is 2.43. The second-order valence-corrected chi connectivity index (χ2v) is 8.07. The smallest absolute Gasteiger partial charge is 0.334 e. The van der Waals surface area contributed by atoms with Crippen LogP contribution < -0.4 is 0 Å². The lowest BCUT2D eigenvalue weighted by molar-refractivity contribution is -0.154. The number of carbonyl (C=O) groups is 1. The van der Waals surface area contributed by atoms with Gasteiger partial charge in [-0.15, -0.1) is 0 Å². The number of esters is 1. The summed E-state index contributed by atoms with van der Waals surface area (Å²) in [6, 6.07) is 0. The van der Waals surface area contributed by atoms with E-state index >= 15 is 0 Å². The molecule has 1 saturated carbocycles. The molecule has 5 nitrogen and oxygen atoms in total. The minimum absolute atomic E-state index is 0.123. The summed E-state index contributed by atoms with van der Waals surface area (Å²) in [4.78, 5) is 11.5. The van der Waals surface area contributed by atoms with Gasteiger partial charge in [0.15, 0.2) is 6.10 Å². The molecule has 2 unspecified atom stereocenters. The Morgan fingerprint density at radius 1 is 1.15 bits per heavy atom. The molecule has 0 radical (unpaired) electrons. The number of hydrogen-bond donors (Lipinski definition) is 2. The van der Waals surface area contributed by atoms with Crippen LogP contribution in [-0.4, -0.2) is 47.2 Å². The molecule has 1 saturated heterocycles. The van der Waals surface area contributed by atoms with Gasteiger partial charge in [0.2, 0.25) is 0 Å². The van der Waals surface area contributed by atoms with E-state index in [1.807, 2.05) is 6.08 Å². The maximum absolute atomic E-state index is 11.5. The molecule has 0 amide bonds. The third-order valence-corrected chi connectivity index (χ3v) is 6.01. The highest BCUT2D eigenvalue weighted by molar-refractivity contribution is 5.74. The van der Waals surface area contributed by atoms with Gasteiger partial charge in [-0.2, -0.15) is 0 Å². The molecular formula is C22H38O5. The number of hydrogen-bond acceptors (Lipinski definition) is 5. The Hall–Kier alpha value is -0.910. The first-order valence-electron chi connectivity index (χ1n) is 10.9. The summed E-state index contributed by atoms with van der Waals surface area (Å²) in [5, 5.41) is 19.9. The summed E-state index contributed by atoms with van der Waals surface area (Å²) < 4.78 is 11.1. The van der Waals surface area contributed by atoms with Crippen LogP contribution >= 0.6 is 0 Å². The Balaban J connectivity index is 1.72. The number of fused-ring (bicyclic) bond motifs is 1. The quantitative estimate of drug-likeness (QED) is 0.323. The highest BCUT2D eigenvalue weighted by Gasteiger charge is 2.40. The maximum atomic E-state index is 11.5. The summed E-state index contributed by atoms with van der Waals surface area (Å²) in [6.45, 7) is 4.21. The average Bonchev–Trinajstić information content (AvgIpc) is 3.07. The molecule has 2 rings (SSSR count). The Bertz CT molecular complexity index is 464. The molecule has 1 aliphatic carbocycles. The van der Waals surface area contributed by atoms with E-state index in [9.17, 15) is 15.0 Å². The molecule has 1 aliphatic heterocycles. The number of ether oxygens (including phenoxy) is 2. The van der Waals surface area contributed by atoms with Crippen LogP contribution in [0.15, 0.2) is 12.2 Å². The van der Waals surface area contributed by atoms with Crippen molar-refractivity contribution in [3.05, 3.63) is 12.2 Å². The molecule has 6 atom stereocenters. The predicted octanol–water partition coefficient (Wildman–Crippen LogP) is 3.76. The highest BCUT2D eigenvalue weighted by atomic mass is 16.5. The zero-order valence-corrected chi connectivity index (χ0v) is 17.0. The van der Waals surface area contributed by atoms with Gasteiger partial charge in [0.05, 0.1) is 24.9 Å². The minimum Gasteiger partial charge on any atom is -0.464 e. The van der Waals surface area contributed by atoms with Crippen LogP contribution in [0.5, 0.6) is 0 Å². The normalized spacial score (nSPS) is 30.2. The van der Waals surface area contributed by atoms with Crippen molar-refractivity contribution in [2.24, 2.45) is 11.8 Å². The second-order valence-electron chi connectivity index (χ2n) is 8.07. The van der Waals surface area contributed by atoms with Gasteiger partial charge >= 0.3 is 5.97 Å². The number of allylic oxidation sites excluding steroid dienone is 1. The molecule has 27 heavy (non-hydrogen) atoms. The maximum Gasteiger partial charge on any atom is 0.334 e. The topological polar surface area (TPSA) is 76.0 Å². The van der Waals surface area contributed by atoms with Crippen molar-refractivity contribution in [1.82, 2.24) is 0 Å².